The average Bonchev–Trinajstić information content (AvgIpc) is 2.93. The molecule has 2 N–H and O–H groups in total. The van der Waals surface area contributed by atoms with Crippen molar-refractivity contribution < 1.29 is 19.4 Å². The number of amides is 1. The number of anilines is 1. The maximum Gasteiger partial charge on any atom is 0.325 e. The number of carboxylic acids is 1. The van der Waals surface area contributed by atoms with Crippen LogP contribution in [0.3, 0.4) is 0 Å². The number of rotatable bonds is 4. The van der Waals surface area contributed by atoms with Gasteiger partial charge in [0, 0.05) is 22.9 Å². The largest absolute Gasteiger partial charge is 0.480 e. The third-order valence-electron chi connectivity index (χ3n) is 2.99. The van der Waals surface area contributed by atoms with E-state index in [0.717, 1.165) is 4.90 Å². The molecule has 1 aromatic heterocycles. The number of hydrogen-bond acceptors (Lipinski definition) is 5. The number of nitrogens with one attached hydrogen (secondary N) is 1. The minimum absolute atomic E-state index is 0.251. The molecule has 2 heterocycles. The number of aromatic nitrogens is 2. The number of nitrogens with zero attached hydrogens (tertiary/aromatic N) is 2. The fourth-order valence-corrected chi connectivity index (χ4v) is 2.99. The van der Waals surface area contributed by atoms with Gasteiger partial charge in [-0.15, -0.1) is 11.8 Å². The monoisotopic (exact) mass is 319 g/mol. The highest BCUT2D eigenvalue weighted by molar-refractivity contribution is 7.99. The fourth-order valence-electron chi connectivity index (χ4n) is 2.01. The van der Waals surface area contributed by atoms with Crippen LogP contribution >= 0.6 is 11.8 Å². The molecule has 0 fully saturated rings. The lowest BCUT2D eigenvalue weighted by Gasteiger charge is -2.24. The molecule has 1 aromatic carbocycles. The zero-order valence-corrected chi connectivity index (χ0v) is 12.2. The number of ether oxygens (including phenoxy) is 1. The van der Waals surface area contributed by atoms with E-state index in [1.165, 1.54) is 10.9 Å². The molecular formula is C14H13N3O4S. The number of carbonyl (C=O) groups excluding carboxylic acids is 1. The maximum absolute atomic E-state index is 12.2. The normalized spacial score (nSPS) is 16.5. The smallest absolute Gasteiger partial charge is 0.325 e. The topological polar surface area (TPSA) is 93.5 Å². The predicted octanol–water partition coefficient (Wildman–Crippen LogP) is 1.46. The first-order chi connectivity index (χ1) is 10.6. The molecule has 0 aliphatic carbocycles. The van der Waals surface area contributed by atoms with Gasteiger partial charge in [0.15, 0.2) is 11.9 Å². The highest BCUT2D eigenvalue weighted by Crippen LogP contribution is 2.35. The minimum Gasteiger partial charge on any atom is -0.480 e. The van der Waals surface area contributed by atoms with Crippen LogP contribution in [0.25, 0.3) is 0 Å². The maximum atomic E-state index is 12.2. The molecule has 22 heavy (non-hydrogen) atoms. The molecule has 7 nitrogen and oxygen atoms in total. The summed E-state index contributed by atoms with van der Waals surface area (Å²) in [6.45, 7) is -0.251. The highest BCUT2D eigenvalue weighted by Gasteiger charge is 2.26. The van der Waals surface area contributed by atoms with E-state index in [1.807, 2.05) is 24.3 Å². The van der Waals surface area contributed by atoms with Crippen molar-refractivity contribution in [1.82, 2.24) is 9.78 Å². The van der Waals surface area contributed by atoms with Gasteiger partial charge in [-0.1, -0.05) is 12.1 Å². The van der Waals surface area contributed by atoms with Crippen LogP contribution in [0.1, 0.15) is 0 Å². The Hall–Kier alpha value is -2.48. The van der Waals surface area contributed by atoms with Crippen LogP contribution in [0, 0.1) is 0 Å². The van der Waals surface area contributed by atoms with Crippen molar-refractivity contribution >= 4 is 29.5 Å². The first-order valence-corrected chi connectivity index (χ1v) is 7.55. The molecule has 8 heteroatoms. The van der Waals surface area contributed by atoms with E-state index in [2.05, 4.69) is 10.4 Å². The van der Waals surface area contributed by atoms with Crippen molar-refractivity contribution in [3.05, 3.63) is 36.5 Å². The summed E-state index contributed by atoms with van der Waals surface area (Å²) in [7, 11) is 0. The zero-order valence-electron chi connectivity index (χ0n) is 11.4. The molecule has 1 amide bonds. The Kier molecular flexibility index (Phi) is 4.01. The molecule has 2 aromatic rings. The number of aliphatic carboxylic acids is 1. The Balaban J connectivity index is 1.63. The van der Waals surface area contributed by atoms with E-state index in [-0.39, 0.29) is 12.5 Å². The summed E-state index contributed by atoms with van der Waals surface area (Å²) >= 11 is 1.56. The summed E-state index contributed by atoms with van der Waals surface area (Å²) in [5.74, 6) is 0.208. The second kappa shape index (κ2) is 6.10. The van der Waals surface area contributed by atoms with E-state index in [0.29, 0.717) is 17.3 Å². The summed E-state index contributed by atoms with van der Waals surface area (Å²) in [5, 5.41) is 15.3. The second-order valence-electron chi connectivity index (χ2n) is 4.65. The zero-order chi connectivity index (χ0) is 15.5. The van der Waals surface area contributed by atoms with Crippen LogP contribution in [0.5, 0.6) is 5.75 Å². The molecule has 3 rings (SSSR count). The SMILES string of the molecule is O=C(O)Cn1ccc(NC(=O)C2CSc3ccccc3O2)n1. The second-order valence-corrected chi connectivity index (χ2v) is 5.71. The van der Waals surface area contributed by atoms with Gasteiger partial charge < -0.3 is 15.2 Å². The van der Waals surface area contributed by atoms with Crippen molar-refractivity contribution in [1.29, 1.82) is 0 Å². The first-order valence-electron chi connectivity index (χ1n) is 6.56. The van der Waals surface area contributed by atoms with Gasteiger partial charge in [0.1, 0.15) is 12.3 Å². The Bertz CT molecular complexity index is 716. The molecule has 1 aliphatic heterocycles. The summed E-state index contributed by atoms with van der Waals surface area (Å²) < 4.78 is 6.92. The molecular weight excluding hydrogens is 306 g/mol. The summed E-state index contributed by atoms with van der Waals surface area (Å²) in [4.78, 5) is 23.8. The van der Waals surface area contributed by atoms with Gasteiger partial charge in [0.25, 0.3) is 5.91 Å². The Labute approximate surface area is 130 Å². The molecule has 0 bridgehead atoms. The fraction of sp³-hybridized carbons (Fsp3) is 0.214. The van der Waals surface area contributed by atoms with Crippen molar-refractivity contribution in [2.45, 2.75) is 17.5 Å². The van der Waals surface area contributed by atoms with Gasteiger partial charge in [0.05, 0.1) is 0 Å². The van der Waals surface area contributed by atoms with Crippen LogP contribution < -0.4 is 10.1 Å². The molecule has 0 radical (unpaired) electrons. The van der Waals surface area contributed by atoms with Crippen molar-refractivity contribution in [2.75, 3.05) is 11.1 Å². The van der Waals surface area contributed by atoms with Crippen molar-refractivity contribution in [3.8, 4) is 5.75 Å². The number of para-hydroxylation sites is 1. The Morgan fingerprint density at radius 1 is 1.41 bits per heavy atom. The van der Waals surface area contributed by atoms with Crippen LogP contribution in [-0.2, 0) is 16.1 Å². The molecule has 1 atom stereocenters. The Morgan fingerprint density at radius 3 is 3.05 bits per heavy atom. The summed E-state index contributed by atoms with van der Waals surface area (Å²) in [5.41, 5.74) is 0. The molecule has 0 saturated carbocycles. The highest BCUT2D eigenvalue weighted by atomic mass is 32.2. The lowest BCUT2D eigenvalue weighted by Crippen LogP contribution is -2.36. The quantitative estimate of drug-likeness (QED) is 0.886. The average molecular weight is 319 g/mol. The van der Waals surface area contributed by atoms with Gasteiger partial charge in [-0.3, -0.25) is 14.3 Å². The van der Waals surface area contributed by atoms with Gasteiger partial charge in [-0.05, 0) is 12.1 Å². The van der Waals surface area contributed by atoms with Gasteiger partial charge in [0.2, 0.25) is 0 Å². The third kappa shape index (κ3) is 3.22. The lowest BCUT2D eigenvalue weighted by atomic mass is 10.3. The molecule has 1 unspecified atom stereocenters. The molecule has 0 spiro atoms. The lowest BCUT2D eigenvalue weighted by molar-refractivity contribution is -0.137. The minimum atomic E-state index is -0.996. The number of thioether (sulfide) groups is 1. The van der Waals surface area contributed by atoms with Crippen LogP contribution in [0.4, 0.5) is 5.82 Å². The van der Waals surface area contributed by atoms with E-state index in [9.17, 15) is 9.59 Å². The number of benzene rings is 1. The van der Waals surface area contributed by atoms with Crippen molar-refractivity contribution in [3.63, 3.8) is 0 Å². The molecule has 1 aliphatic rings. The van der Waals surface area contributed by atoms with E-state index in [1.54, 1.807) is 17.8 Å². The van der Waals surface area contributed by atoms with Gasteiger partial charge in [-0.25, -0.2) is 0 Å². The molecule has 114 valence electrons. The predicted molar refractivity (Wildman–Crippen MR) is 80.1 cm³/mol. The summed E-state index contributed by atoms with van der Waals surface area (Å²) in [6, 6.07) is 9.09. The molecule has 0 saturated heterocycles. The number of carboxylic acid groups (broad SMARTS) is 1. The Morgan fingerprint density at radius 2 is 2.23 bits per heavy atom. The number of carbonyl (C=O) groups is 2. The first kappa shape index (κ1) is 14.5. The van der Waals surface area contributed by atoms with E-state index < -0.39 is 12.1 Å². The van der Waals surface area contributed by atoms with E-state index in [4.69, 9.17) is 9.84 Å². The van der Waals surface area contributed by atoms with E-state index >= 15 is 0 Å². The van der Waals surface area contributed by atoms with Gasteiger partial charge in [-0.2, -0.15) is 5.10 Å². The van der Waals surface area contributed by atoms with Crippen LogP contribution in [-0.4, -0.2) is 38.6 Å². The van der Waals surface area contributed by atoms with Crippen LogP contribution in [0.15, 0.2) is 41.4 Å². The standard InChI is InChI=1S/C14H13N3O4S/c18-13(19)7-17-6-5-12(16-17)15-14(20)10-8-22-11-4-2-1-3-9(11)21-10/h1-6,10H,7-8H2,(H,18,19)(H,15,16,20). The van der Waals surface area contributed by atoms with Crippen LogP contribution in [0.2, 0.25) is 0 Å². The third-order valence-corrected chi connectivity index (χ3v) is 4.11. The van der Waals surface area contributed by atoms with Gasteiger partial charge >= 0.3 is 5.97 Å². The summed E-state index contributed by atoms with van der Waals surface area (Å²) in [6.07, 6.45) is 0.889. The van der Waals surface area contributed by atoms with Crippen molar-refractivity contribution in [2.24, 2.45) is 0 Å². The number of fused-ring (bicyclic) bond motifs is 1. The number of hydrogen-bond donors (Lipinski definition) is 2.